The zero-order valence-electron chi connectivity index (χ0n) is 24.4. The number of hydrogen-bond donors (Lipinski definition) is 2. The second-order valence-corrected chi connectivity index (χ2v) is 11.1. The predicted octanol–water partition coefficient (Wildman–Crippen LogP) is 5.96. The number of benzene rings is 3. The van der Waals surface area contributed by atoms with Crippen molar-refractivity contribution in [3.05, 3.63) is 101 Å². The van der Waals surface area contributed by atoms with Crippen LogP contribution in [0.3, 0.4) is 0 Å². The number of ether oxygens (including phenoxy) is 1. The molecule has 0 aliphatic carbocycles. The van der Waals surface area contributed by atoms with E-state index in [1.54, 1.807) is 25.7 Å². The van der Waals surface area contributed by atoms with Crippen LogP contribution < -0.4 is 15.5 Å². The van der Waals surface area contributed by atoms with Gasteiger partial charge in [-0.05, 0) is 82.3 Å². The molecule has 0 radical (unpaired) electrons. The Hall–Kier alpha value is -4.13. The Morgan fingerprint density at radius 3 is 2.17 bits per heavy atom. The van der Waals surface area contributed by atoms with Crippen LogP contribution in [0, 0.1) is 20.8 Å². The van der Waals surface area contributed by atoms with Gasteiger partial charge in [0.15, 0.2) is 0 Å². The highest BCUT2D eigenvalue weighted by molar-refractivity contribution is 6.00. The van der Waals surface area contributed by atoms with Gasteiger partial charge >= 0.3 is 6.09 Å². The average Bonchev–Trinajstić information content (AvgIpc) is 2.89. The van der Waals surface area contributed by atoms with E-state index in [1.807, 2.05) is 69.3 Å². The molecule has 40 heavy (non-hydrogen) atoms. The van der Waals surface area contributed by atoms with Crippen molar-refractivity contribution in [3.63, 3.8) is 0 Å². The van der Waals surface area contributed by atoms with Crippen molar-refractivity contribution in [3.8, 4) is 0 Å². The minimum Gasteiger partial charge on any atom is -0.444 e. The topological polar surface area (TPSA) is 87.7 Å². The summed E-state index contributed by atoms with van der Waals surface area (Å²) in [5.74, 6) is -0.577. The number of nitrogens with one attached hydrogen (secondary N) is 2. The Labute approximate surface area is 237 Å². The number of alkyl carbamates (subject to hydrolysis) is 1. The van der Waals surface area contributed by atoms with Gasteiger partial charge in [0.2, 0.25) is 5.91 Å². The Balaban J connectivity index is 1.82. The minimum absolute atomic E-state index is 0.00284. The molecule has 0 saturated carbocycles. The number of carbonyl (C=O) groups excluding carboxylic acids is 3. The van der Waals surface area contributed by atoms with Gasteiger partial charge < -0.3 is 20.3 Å². The number of carbonyl (C=O) groups is 3. The second-order valence-electron chi connectivity index (χ2n) is 11.1. The summed E-state index contributed by atoms with van der Waals surface area (Å²) < 4.78 is 5.23. The number of rotatable bonds is 10. The molecule has 0 bridgehead atoms. The molecule has 0 heterocycles. The number of aryl methyl sites for hydroxylation is 3. The molecule has 0 saturated heterocycles. The fourth-order valence-electron chi connectivity index (χ4n) is 4.17. The van der Waals surface area contributed by atoms with Crippen LogP contribution in [0.15, 0.2) is 72.8 Å². The van der Waals surface area contributed by atoms with E-state index < -0.39 is 17.7 Å². The van der Waals surface area contributed by atoms with Crippen molar-refractivity contribution in [1.29, 1.82) is 0 Å². The maximum Gasteiger partial charge on any atom is 0.407 e. The van der Waals surface area contributed by atoms with Crippen LogP contribution in [0.5, 0.6) is 0 Å². The smallest absolute Gasteiger partial charge is 0.407 e. The van der Waals surface area contributed by atoms with Crippen LogP contribution >= 0.6 is 0 Å². The van der Waals surface area contributed by atoms with Crippen LogP contribution in [0.25, 0.3) is 0 Å². The van der Waals surface area contributed by atoms with Crippen LogP contribution in [0.1, 0.15) is 61.1 Å². The highest BCUT2D eigenvalue weighted by Gasteiger charge is 2.29. The van der Waals surface area contributed by atoms with Gasteiger partial charge in [-0.25, -0.2) is 4.79 Å². The van der Waals surface area contributed by atoms with Crippen molar-refractivity contribution >= 4 is 23.6 Å². The van der Waals surface area contributed by atoms with Gasteiger partial charge in [0.05, 0.1) is 0 Å². The first-order valence-electron chi connectivity index (χ1n) is 13.7. The highest BCUT2D eigenvalue weighted by Crippen LogP contribution is 2.25. The van der Waals surface area contributed by atoms with Crippen LogP contribution in [0.2, 0.25) is 0 Å². The van der Waals surface area contributed by atoms with Gasteiger partial charge in [-0.1, -0.05) is 66.2 Å². The molecule has 0 aromatic heterocycles. The molecule has 7 heteroatoms. The zero-order valence-corrected chi connectivity index (χ0v) is 24.4. The molecule has 7 nitrogen and oxygen atoms in total. The van der Waals surface area contributed by atoms with Gasteiger partial charge in [-0.15, -0.1) is 0 Å². The van der Waals surface area contributed by atoms with E-state index in [2.05, 4.69) is 34.9 Å². The van der Waals surface area contributed by atoms with Crippen LogP contribution in [0.4, 0.5) is 10.5 Å². The lowest BCUT2D eigenvalue weighted by Gasteiger charge is -2.29. The van der Waals surface area contributed by atoms with Gasteiger partial charge in [0.1, 0.15) is 11.6 Å². The molecule has 3 amide bonds. The number of hydrogen-bond acceptors (Lipinski definition) is 4. The third kappa shape index (κ3) is 9.26. The first-order valence-corrected chi connectivity index (χ1v) is 13.7. The summed E-state index contributed by atoms with van der Waals surface area (Å²) in [5.41, 5.74) is 5.36. The third-order valence-electron chi connectivity index (χ3n) is 6.52. The summed E-state index contributed by atoms with van der Waals surface area (Å²) in [4.78, 5) is 40.9. The van der Waals surface area contributed by atoms with E-state index in [4.69, 9.17) is 4.74 Å². The molecule has 3 aromatic carbocycles. The largest absolute Gasteiger partial charge is 0.444 e. The molecule has 212 valence electrons. The van der Waals surface area contributed by atoms with E-state index in [-0.39, 0.29) is 24.8 Å². The van der Waals surface area contributed by atoms with E-state index in [0.29, 0.717) is 18.5 Å². The predicted molar refractivity (Wildman–Crippen MR) is 159 cm³/mol. The summed E-state index contributed by atoms with van der Waals surface area (Å²) >= 11 is 0. The average molecular weight is 544 g/mol. The Morgan fingerprint density at radius 2 is 1.55 bits per heavy atom. The van der Waals surface area contributed by atoms with E-state index in [9.17, 15) is 14.4 Å². The molecule has 0 spiro atoms. The Bertz CT molecular complexity index is 1300. The van der Waals surface area contributed by atoms with Gasteiger partial charge in [0, 0.05) is 25.2 Å². The van der Waals surface area contributed by atoms with Gasteiger partial charge in [-0.3, -0.25) is 9.59 Å². The maximum absolute atomic E-state index is 14.2. The fraction of sp³-hybridized carbons (Fsp3) is 0.364. The molecule has 2 N–H and O–H groups in total. The Kier molecular flexibility index (Phi) is 10.5. The van der Waals surface area contributed by atoms with Crippen molar-refractivity contribution in [2.24, 2.45) is 0 Å². The minimum atomic E-state index is -0.894. The second kappa shape index (κ2) is 13.8. The van der Waals surface area contributed by atoms with Crippen molar-refractivity contribution in [2.75, 3.05) is 18.0 Å². The number of anilines is 1. The van der Waals surface area contributed by atoms with Crippen LogP contribution in [-0.2, 0) is 20.7 Å². The summed E-state index contributed by atoms with van der Waals surface area (Å²) in [6.07, 6.45) is 0.0740. The Morgan fingerprint density at radius 1 is 0.875 bits per heavy atom. The SMILES string of the molecule is Cc1ccc(CCN(C(=O)C(NC(=O)CCNC(=O)OC(C)(C)C)c2ccccc2)c2ccc(C)c(C)c2)cc1. The first kappa shape index (κ1) is 30.4. The van der Waals surface area contributed by atoms with E-state index >= 15 is 0 Å². The summed E-state index contributed by atoms with van der Waals surface area (Å²) in [6.45, 7) is 12.0. The lowest BCUT2D eigenvalue weighted by molar-refractivity contribution is -0.127. The van der Waals surface area contributed by atoms with Gasteiger partial charge in [-0.2, -0.15) is 0 Å². The quantitative estimate of drug-likeness (QED) is 0.330. The maximum atomic E-state index is 14.2. The molecule has 0 aliphatic heterocycles. The molecule has 1 unspecified atom stereocenters. The lowest BCUT2D eigenvalue weighted by atomic mass is 10.0. The van der Waals surface area contributed by atoms with Crippen LogP contribution in [-0.4, -0.2) is 36.6 Å². The monoisotopic (exact) mass is 543 g/mol. The molecule has 0 fully saturated rings. The highest BCUT2D eigenvalue weighted by atomic mass is 16.6. The number of amides is 3. The van der Waals surface area contributed by atoms with Crippen molar-refractivity contribution < 1.29 is 19.1 Å². The lowest BCUT2D eigenvalue weighted by Crippen LogP contribution is -2.44. The molecular weight excluding hydrogens is 502 g/mol. The summed E-state index contributed by atoms with van der Waals surface area (Å²) in [5, 5.41) is 5.51. The zero-order chi connectivity index (χ0) is 29.3. The normalized spacial score (nSPS) is 11.8. The fourth-order valence-corrected chi connectivity index (χ4v) is 4.17. The molecule has 1 atom stereocenters. The molecule has 3 aromatic rings. The molecular formula is C33H41N3O4. The van der Waals surface area contributed by atoms with E-state index in [1.165, 1.54) is 5.56 Å². The van der Waals surface area contributed by atoms with Crippen molar-refractivity contribution in [1.82, 2.24) is 10.6 Å². The summed E-state index contributed by atoms with van der Waals surface area (Å²) in [7, 11) is 0. The number of nitrogens with zero attached hydrogens (tertiary/aromatic N) is 1. The third-order valence-corrected chi connectivity index (χ3v) is 6.52. The van der Waals surface area contributed by atoms with E-state index in [0.717, 1.165) is 22.4 Å². The van der Waals surface area contributed by atoms with Gasteiger partial charge in [0.25, 0.3) is 5.91 Å². The molecule has 3 rings (SSSR count). The first-order chi connectivity index (χ1) is 18.9. The summed E-state index contributed by atoms with van der Waals surface area (Å²) in [6, 6.07) is 22.6. The standard InChI is InChI=1S/C33H41N3O4/c1-23-12-15-26(16-13-23)19-21-36(28-17-14-24(2)25(3)22-28)31(38)30(27-10-8-7-9-11-27)35-29(37)18-20-34-32(39)40-33(4,5)6/h7-17,22,30H,18-21H2,1-6H3,(H,34,39)(H,35,37). The molecule has 0 aliphatic rings. The van der Waals surface area contributed by atoms with Crippen molar-refractivity contribution in [2.45, 2.75) is 66.0 Å².